The average molecular weight is 394 g/mol. The molecule has 148 valence electrons. The fourth-order valence-electron chi connectivity index (χ4n) is 3.59. The van der Waals surface area contributed by atoms with Crippen LogP contribution in [0.4, 0.5) is 11.4 Å². The molecule has 27 heavy (non-hydrogen) atoms. The predicted molar refractivity (Wildman–Crippen MR) is 106 cm³/mol. The third-order valence-corrected chi connectivity index (χ3v) is 5.84. The number of fused-ring (bicyclic) bond motifs is 1. The standard InChI is InChI=1S/C19H27N3O4S/c1-19(2,3)26-18(23)16-5-4-8-20(16)9-10-21-11-12-27-17-13-14(22(24)25)6-7-15(17)21/h6-7,13,16H,4-5,8-12H2,1-3H3. The second-order valence-electron chi connectivity index (χ2n) is 7.97. The monoisotopic (exact) mass is 393 g/mol. The van der Waals surface area contributed by atoms with Crippen LogP contribution in [0, 0.1) is 10.1 Å². The molecule has 7 nitrogen and oxygen atoms in total. The number of benzene rings is 1. The third kappa shape index (κ3) is 4.93. The summed E-state index contributed by atoms with van der Waals surface area (Å²) >= 11 is 1.66. The number of rotatable bonds is 5. The summed E-state index contributed by atoms with van der Waals surface area (Å²) < 4.78 is 5.57. The molecule has 0 aromatic heterocycles. The normalized spacial score (nSPS) is 20.4. The topological polar surface area (TPSA) is 75.9 Å². The number of hydrogen-bond acceptors (Lipinski definition) is 7. The number of nitro groups is 1. The van der Waals surface area contributed by atoms with Crippen LogP contribution >= 0.6 is 11.8 Å². The van der Waals surface area contributed by atoms with E-state index < -0.39 is 5.60 Å². The van der Waals surface area contributed by atoms with E-state index in [1.807, 2.05) is 26.8 Å². The number of ether oxygens (including phenoxy) is 1. The number of esters is 1. The van der Waals surface area contributed by atoms with Gasteiger partial charge in [0.1, 0.15) is 11.6 Å². The van der Waals surface area contributed by atoms with E-state index in [9.17, 15) is 14.9 Å². The fraction of sp³-hybridized carbons (Fsp3) is 0.632. The second kappa shape index (κ2) is 8.06. The molecule has 1 saturated heterocycles. The van der Waals surface area contributed by atoms with Gasteiger partial charge in [-0.1, -0.05) is 0 Å². The summed E-state index contributed by atoms with van der Waals surface area (Å²) in [6.07, 6.45) is 1.84. The van der Waals surface area contributed by atoms with Crippen LogP contribution in [0.5, 0.6) is 0 Å². The first-order chi connectivity index (χ1) is 12.7. The minimum atomic E-state index is -0.469. The van der Waals surface area contributed by atoms with Crippen molar-refractivity contribution in [3.8, 4) is 0 Å². The van der Waals surface area contributed by atoms with Crippen LogP contribution in [-0.2, 0) is 9.53 Å². The van der Waals surface area contributed by atoms with E-state index in [0.29, 0.717) is 0 Å². The molecule has 0 N–H and O–H groups in total. The largest absolute Gasteiger partial charge is 0.459 e. The molecule has 2 aliphatic heterocycles. The minimum absolute atomic E-state index is 0.132. The van der Waals surface area contributed by atoms with Gasteiger partial charge in [0.05, 0.1) is 10.6 Å². The number of carbonyl (C=O) groups is 1. The smallest absolute Gasteiger partial charge is 0.323 e. The molecule has 1 atom stereocenters. The van der Waals surface area contributed by atoms with E-state index in [2.05, 4.69) is 9.80 Å². The zero-order valence-electron chi connectivity index (χ0n) is 16.1. The number of carbonyl (C=O) groups excluding carboxylic acids is 1. The zero-order valence-corrected chi connectivity index (χ0v) is 17.0. The van der Waals surface area contributed by atoms with Crippen LogP contribution in [0.2, 0.25) is 0 Å². The van der Waals surface area contributed by atoms with Crippen LogP contribution in [-0.4, -0.2) is 59.4 Å². The SMILES string of the molecule is CC(C)(C)OC(=O)C1CCCN1CCN1CCSc2cc([N+](=O)[O-])ccc21. The zero-order chi connectivity index (χ0) is 19.6. The molecule has 2 aliphatic rings. The molecular weight excluding hydrogens is 366 g/mol. The number of anilines is 1. The molecule has 0 amide bonds. The van der Waals surface area contributed by atoms with E-state index in [1.165, 1.54) is 0 Å². The number of nitrogens with zero attached hydrogens (tertiary/aromatic N) is 3. The van der Waals surface area contributed by atoms with Crippen LogP contribution in [0.3, 0.4) is 0 Å². The van der Waals surface area contributed by atoms with Gasteiger partial charge in [0.2, 0.25) is 0 Å². The van der Waals surface area contributed by atoms with Crippen LogP contribution in [0.25, 0.3) is 0 Å². The van der Waals surface area contributed by atoms with Gasteiger partial charge in [0.25, 0.3) is 5.69 Å². The van der Waals surface area contributed by atoms with Gasteiger partial charge in [0, 0.05) is 42.4 Å². The highest BCUT2D eigenvalue weighted by Crippen LogP contribution is 2.37. The molecule has 0 spiro atoms. The summed E-state index contributed by atoms with van der Waals surface area (Å²) in [6.45, 7) is 9.07. The maximum absolute atomic E-state index is 12.5. The van der Waals surface area contributed by atoms with Gasteiger partial charge < -0.3 is 9.64 Å². The van der Waals surface area contributed by atoms with E-state index >= 15 is 0 Å². The average Bonchev–Trinajstić information content (AvgIpc) is 3.06. The first-order valence-corrected chi connectivity index (χ1v) is 10.4. The Balaban J connectivity index is 1.64. The lowest BCUT2D eigenvalue weighted by Gasteiger charge is -2.33. The molecule has 1 fully saturated rings. The lowest BCUT2D eigenvalue weighted by molar-refractivity contribution is -0.385. The molecule has 0 radical (unpaired) electrons. The second-order valence-corrected chi connectivity index (χ2v) is 9.11. The first kappa shape index (κ1) is 19.9. The van der Waals surface area contributed by atoms with E-state index in [4.69, 9.17) is 4.74 Å². The van der Waals surface area contributed by atoms with E-state index in [0.717, 1.165) is 55.4 Å². The highest BCUT2D eigenvalue weighted by molar-refractivity contribution is 7.99. The summed E-state index contributed by atoms with van der Waals surface area (Å²) in [6, 6.07) is 4.90. The summed E-state index contributed by atoms with van der Waals surface area (Å²) in [4.78, 5) is 28.6. The highest BCUT2D eigenvalue weighted by atomic mass is 32.2. The molecule has 8 heteroatoms. The maximum Gasteiger partial charge on any atom is 0.323 e. The van der Waals surface area contributed by atoms with Gasteiger partial charge in [-0.05, 0) is 46.2 Å². The molecule has 0 saturated carbocycles. The van der Waals surface area contributed by atoms with Crippen molar-refractivity contribution in [1.82, 2.24) is 4.90 Å². The van der Waals surface area contributed by atoms with Crippen molar-refractivity contribution in [1.29, 1.82) is 0 Å². The van der Waals surface area contributed by atoms with Gasteiger partial charge in [-0.2, -0.15) is 0 Å². The Hall–Kier alpha value is -1.80. The van der Waals surface area contributed by atoms with Crippen LogP contribution < -0.4 is 4.90 Å². The molecular formula is C19H27N3O4S. The van der Waals surface area contributed by atoms with Crippen molar-refractivity contribution in [3.63, 3.8) is 0 Å². The van der Waals surface area contributed by atoms with Gasteiger partial charge in [0.15, 0.2) is 0 Å². The maximum atomic E-state index is 12.5. The van der Waals surface area contributed by atoms with Crippen molar-refractivity contribution >= 4 is 29.1 Å². The predicted octanol–water partition coefficient (Wildman–Crippen LogP) is 3.31. The number of non-ortho nitro benzene ring substituents is 1. The number of likely N-dealkylation sites (tertiary alicyclic amines) is 1. The van der Waals surface area contributed by atoms with Gasteiger partial charge in [-0.15, -0.1) is 11.8 Å². The van der Waals surface area contributed by atoms with Crippen LogP contribution in [0.1, 0.15) is 33.6 Å². The Morgan fingerprint density at radius 1 is 1.33 bits per heavy atom. The van der Waals surface area contributed by atoms with Crippen molar-refractivity contribution in [3.05, 3.63) is 28.3 Å². The number of hydrogen-bond donors (Lipinski definition) is 0. The molecule has 1 aromatic rings. The number of nitro benzene ring substituents is 1. The molecule has 0 bridgehead atoms. The molecule has 0 aliphatic carbocycles. The Morgan fingerprint density at radius 2 is 2.11 bits per heavy atom. The quantitative estimate of drug-likeness (QED) is 0.431. The van der Waals surface area contributed by atoms with Crippen molar-refractivity contribution < 1.29 is 14.5 Å². The Labute approximate surface area is 164 Å². The summed E-state index contributed by atoms with van der Waals surface area (Å²) in [5, 5.41) is 11.0. The molecule has 1 aromatic carbocycles. The van der Waals surface area contributed by atoms with Crippen molar-refractivity contribution in [2.75, 3.05) is 36.8 Å². The van der Waals surface area contributed by atoms with Gasteiger partial charge >= 0.3 is 5.97 Å². The molecule has 3 rings (SSSR count). The fourth-order valence-corrected chi connectivity index (χ4v) is 4.67. The lowest BCUT2D eigenvalue weighted by atomic mass is 10.1. The van der Waals surface area contributed by atoms with Crippen molar-refractivity contribution in [2.45, 2.75) is 50.2 Å². The van der Waals surface area contributed by atoms with Crippen molar-refractivity contribution in [2.24, 2.45) is 0 Å². The molecule has 1 unspecified atom stereocenters. The van der Waals surface area contributed by atoms with Gasteiger partial charge in [-0.3, -0.25) is 19.8 Å². The highest BCUT2D eigenvalue weighted by Gasteiger charge is 2.34. The third-order valence-electron chi connectivity index (χ3n) is 4.81. The summed E-state index contributed by atoms with van der Waals surface area (Å²) in [5.41, 5.74) is 0.709. The van der Waals surface area contributed by atoms with Crippen LogP contribution in [0.15, 0.2) is 23.1 Å². The number of thioether (sulfide) groups is 1. The Morgan fingerprint density at radius 3 is 2.81 bits per heavy atom. The first-order valence-electron chi connectivity index (χ1n) is 9.38. The lowest BCUT2D eigenvalue weighted by Crippen LogP contribution is -2.44. The van der Waals surface area contributed by atoms with Gasteiger partial charge in [-0.25, -0.2) is 0 Å². The minimum Gasteiger partial charge on any atom is -0.459 e. The summed E-state index contributed by atoms with van der Waals surface area (Å²) in [5.74, 6) is 0.772. The Kier molecular flexibility index (Phi) is 5.95. The van der Waals surface area contributed by atoms with E-state index in [1.54, 1.807) is 23.9 Å². The van der Waals surface area contributed by atoms with E-state index in [-0.39, 0.29) is 22.6 Å². The molecule has 2 heterocycles. The summed E-state index contributed by atoms with van der Waals surface area (Å²) in [7, 11) is 0. The Bertz CT molecular complexity index is 719.